The number of hydrogen-bond acceptors (Lipinski definition) is 4. The van der Waals surface area contributed by atoms with Gasteiger partial charge in [0.2, 0.25) is 0 Å². The van der Waals surface area contributed by atoms with E-state index in [2.05, 4.69) is 10.8 Å². The fourth-order valence-corrected chi connectivity index (χ4v) is 2.37. The van der Waals surface area contributed by atoms with Crippen LogP contribution in [0.5, 0.6) is 0 Å². The highest BCUT2D eigenvalue weighted by atomic mass is 35.5. The highest BCUT2D eigenvalue weighted by Gasteiger charge is 2.02. The third kappa shape index (κ3) is 6.32. The number of ether oxygens (including phenoxy) is 1. The van der Waals surface area contributed by atoms with Gasteiger partial charge in [0, 0.05) is 22.1 Å². The molecule has 0 amide bonds. The van der Waals surface area contributed by atoms with Gasteiger partial charge < -0.3 is 4.74 Å². The van der Waals surface area contributed by atoms with Crippen molar-refractivity contribution >= 4 is 35.4 Å². The average molecular weight is 296 g/mol. The van der Waals surface area contributed by atoms with Crippen molar-refractivity contribution in [1.82, 2.24) is 0 Å². The van der Waals surface area contributed by atoms with Gasteiger partial charge in [-0.15, -0.1) is 0 Å². The summed E-state index contributed by atoms with van der Waals surface area (Å²) < 4.78 is 4.55. The predicted octanol–water partition coefficient (Wildman–Crippen LogP) is 3.54. The number of methoxy groups -OCH3 is 1. The zero-order valence-electron chi connectivity index (χ0n) is 10.6. The Kier molecular flexibility index (Phi) is 7.09. The summed E-state index contributed by atoms with van der Waals surface area (Å²) in [6.07, 6.45) is 2.16. The molecule has 0 saturated heterocycles. The second-order valence-corrected chi connectivity index (χ2v) is 5.26. The lowest BCUT2D eigenvalue weighted by Gasteiger charge is -2.01. The number of rotatable bonds is 6. The number of carbonyl (C=O) groups excluding carboxylic acids is 1. The topological polar surface area (TPSA) is 50.1 Å². The molecule has 0 spiro atoms. The number of esters is 1. The molecule has 1 aromatic carbocycles. The highest BCUT2D eigenvalue weighted by Crippen LogP contribution is 2.16. The van der Waals surface area contributed by atoms with E-state index in [1.807, 2.05) is 12.1 Å². The summed E-state index contributed by atoms with van der Waals surface area (Å²) in [6, 6.07) is 9.48. The van der Waals surface area contributed by atoms with Crippen molar-refractivity contribution in [2.45, 2.75) is 6.42 Å². The number of benzene rings is 1. The highest BCUT2D eigenvalue weighted by molar-refractivity contribution is 7.99. The normalized spacial score (nSPS) is 10.9. The SMILES string of the molecule is COC(=O)CCSC/C(C#N)=C/c1cccc(Cl)c1. The van der Waals surface area contributed by atoms with Gasteiger partial charge in [0.15, 0.2) is 0 Å². The molecule has 0 atom stereocenters. The molecule has 0 unspecified atom stereocenters. The minimum atomic E-state index is -0.232. The van der Waals surface area contributed by atoms with E-state index in [9.17, 15) is 4.79 Å². The number of nitriles is 1. The van der Waals surface area contributed by atoms with E-state index >= 15 is 0 Å². The maximum atomic E-state index is 10.9. The van der Waals surface area contributed by atoms with Gasteiger partial charge in [-0.2, -0.15) is 17.0 Å². The van der Waals surface area contributed by atoms with Crippen molar-refractivity contribution in [2.75, 3.05) is 18.6 Å². The van der Waals surface area contributed by atoms with E-state index in [1.54, 1.807) is 18.2 Å². The van der Waals surface area contributed by atoms with E-state index < -0.39 is 0 Å². The summed E-state index contributed by atoms with van der Waals surface area (Å²) in [5.41, 5.74) is 1.55. The zero-order valence-corrected chi connectivity index (χ0v) is 12.1. The predicted molar refractivity (Wildman–Crippen MR) is 79.0 cm³/mol. The lowest BCUT2D eigenvalue weighted by molar-refractivity contribution is -0.140. The van der Waals surface area contributed by atoms with Gasteiger partial charge in [0.25, 0.3) is 0 Å². The molecular weight excluding hydrogens is 282 g/mol. The Hall–Kier alpha value is -1.44. The van der Waals surface area contributed by atoms with E-state index in [0.717, 1.165) is 5.56 Å². The molecule has 0 saturated carbocycles. The molecule has 1 aromatic rings. The van der Waals surface area contributed by atoms with Gasteiger partial charge >= 0.3 is 5.97 Å². The molecular formula is C14H14ClNO2S. The Balaban J connectivity index is 2.50. The summed E-state index contributed by atoms with van der Waals surface area (Å²) in [4.78, 5) is 10.9. The molecule has 0 N–H and O–H groups in total. The van der Waals surface area contributed by atoms with Crippen LogP contribution in [-0.2, 0) is 9.53 Å². The fraction of sp³-hybridized carbons (Fsp3) is 0.286. The van der Waals surface area contributed by atoms with Crippen molar-refractivity contribution < 1.29 is 9.53 Å². The Morgan fingerprint density at radius 1 is 1.58 bits per heavy atom. The molecule has 0 bridgehead atoms. The van der Waals surface area contributed by atoms with Gasteiger partial charge in [-0.25, -0.2) is 0 Å². The van der Waals surface area contributed by atoms with E-state index in [4.69, 9.17) is 16.9 Å². The number of carbonyl (C=O) groups is 1. The summed E-state index contributed by atoms with van der Waals surface area (Å²) in [6.45, 7) is 0. The number of thioether (sulfide) groups is 1. The maximum absolute atomic E-state index is 10.9. The molecule has 0 aliphatic carbocycles. The summed E-state index contributed by atoms with van der Waals surface area (Å²) in [5, 5.41) is 9.70. The Labute approximate surface area is 122 Å². The van der Waals surface area contributed by atoms with Crippen LogP contribution in [0.2, 0.25) is 5.02 Å². The van der Waals surface area contributed by atoms with Gasteiger partial charge in [0.1, 0.15) is 0 Å². The lowest BCUT2D eigenvalue weighted by Crippen LogP contribution is -2.01. The first-order valence-electron chi connectivity index (χ1n) is 5.66. The number of halogens is 1. The van der Waals surface area contributed by atoms with Gasteiger partial charge in [-0.3, -0.25) is 4.79 Å². The fourth-order valence-electron chi connectivity index (χ4n) is 1.34. The molecule has 100 valence electrons. The van der Waals surface area contributed by atoms with Crippen molar-refractivity contribution in [3.8, 4) is 6.07 Å². The van der Waals surface area contributed by atoms with Crippen molar-refractivity contribution in [1.29, 1.82) is 5.26 Å². The third-order valence-electron chi connectivity index (χ3n) is 2.27. The number of nitrogens with zero attached hydrogens (tertiary/aromatic N) is 1. The molecule has 0 aliphatic rings. The smallest absolute Gasteiger partial charge is 0.306 e. The van der Waals surface area contributed by atoms with E-state index in [0.29, 0.717) is 28.5 Å². The second-order valence-electron chi connectivity index (χ2n) is 3.72. The van der Waals surface area contributed by atoms with Crippen molar-refractivity contribution in [2.24, 2.45) is 0 Å². The zero-order chi connectivity index (χ0) is 14.1. The summed E-state index contributed by atoms with van der Waals surface area (Å²) in [7, 11) is 1.37. The minimum Gasteiger partial charge on any atom is -0.469 e. The van der Waals surface area contributed by atoms with E-state index in [-0.39, 0.29) is 5.97 Å². The van der Waals surface area contributed by atoms with Crippen LogP contribution < -0.4 is 0 Å². The summed E-state index contributed by atoms with van der Waals surface area (Å²) in [5.74, 6) is 0.978. The molecule has 0 radical (unpaired) electrons. The van der Waals surface area contributed by atoms with Gasteiger partial charge in [-0.1, -0.05) is 23.7 Å². The molecule has 0 aliphatic heterocycles. The van der Waals surface area contributed by atoms with Crippen molar-refractivity contribution in [3.63, 3.8) is 0 Å². The molecule has 0 aromatic heterocycles. The Bertz CT molecular complexity index is 508. The standard InChI is InChI=1S/C14H14ClNO2S/c1-18-14(17)5-6-19-10-12(9-16)7-11-3-2-4-13(15)8-11/h2-4,7-8H,5-6,10H2,1H3/b12-7+. The van der Waals surface area contributed by atoms with Crippen LogP contribution in [0.3, 0.4) is 0 Å². The number of hydrogen-bond donors (Lipinski definition) is 0. The van der Waals surface area contributed by atoms with Crippen LogP contribution in [-0.4, -0.2) is 24.6 Å². The first kappa shape index (κ1) is 15.6. The van der Waals surface area contributed by atoms with Crippen LogP contribution in [0.4, 0.5) is 0 Å². The van der Waals surface area contributed by atoms with Crippen LogP contribution in [0.15, 0.2) is 29.8 Å². The second kappa shape index (κ2) is 8.63. The van der Waals surface area contributed by atoms with Gasteiger partial charge in [0.05, 0.1) is 19.6 Å². The maximum Gasteiger partial charge on any atom is 0.306 e. The monoisotopic (exact) mass is 295 g/mol. The van der Waals surface area contributed by atoms with Crippen LogP contribution >= 0.6 is 23.4 Å². The lowest BCUT2D eigenvalue weighted by atomic mass is 10.1. The van der Waals surface area contributed by atoms with Crippen LogP contribution in [0.25, 0.3) is 6.08 Å². The van der Waals surface area contributed by atoms with Crippen LogP contribution in [0, 0.1) is 11.3 Å². The van der Waals surface area contributed by atoms with Crippen molar-refractivity contribution in [3.05, 3.63) is 40.4 Å². The molecule has 3 nitrogen and oxygen atoms in total. The largest absolute Gasteiger partial charge is 0.469 e. The Morgan fingerprint density at radius 3 is 3.00 bits per heavy atom. The van der Waals surface area contributed by atoms with E-state index in [1.165, 1.54) is 18.9 Å². The quantitative estimate of drug-likeness (QED) is 0.457. The van der Waals surface area contributed by atoms with Crippen LogP contribution in [0.1, 0.15) is 12.0 Å². The first-order chi connectivity index (χ1) is 9.15. The minimum absolute atomic E-state index is 0.232. The average Bonchev–Trinajstić information content (AvgIpc) is 2.41. The molecule has 5 heteroatoms. The Morgan fingerprint density at radius 2 is 2.37 bits per heavy atom. The van der Waals surface area contributed by atoms with Gasteiger partial charge in [-0.05, 0) is 23.8 Å². The molecule has 0 fully saturated rings. The molecule has 1 rings (SSSR count). The molecule has 19 heavy (non-hydrogen) atoms. The summed E-state index contributed by atoms with van der Waals surface area (Å²) >= 11 is 7.41. The first-order valence-corrected chi connectivity index (χ1v) is 7.19. The third-order valence-corrected chi connectivity index (χ3v) is 3.51. The molecule has 0 heterocycles.